The van der Waals surface area contributed by atoms with Gasteiger partial charge in [0.15, 0.2) is 0 Å². The number of benzene rings is 2. The first-order valence-corrected chi connectivity index (χ1v) is 11.7. The van der Waals surface area contributed by atoms with Gasteiger partial charge in [0.2, 0.25) is 0 Å². The van der Waals surface area contributed by atoms with E-state index in [2.05, 4.69) is 17.4 Å². The molecule has 1 N–H and O–H groups in total. The zero-order valence-electron chi connectivity index (χ0n) is 17.8. The average Bonchev–Trinajstić information content (AvgIpc) is 3.18. The highest BCUT2D eigenvalue weighted by Gasteiger charge is 2.47. The van der Waals surface area contributed by atoms with E-state index in [9.17, 15) is 4.39 Å². The van der Waals surface area contributed by atoms with E-state index in [-0.39, 0.29) is 5.82 Å². The van der Waals surface area contributed by atoms with Crippen LogP contribution < -0.4 is 5.32 Å². The molecule has 160 valence electrons. The summed E-state index contributed by atoms with van der Waals surface area (Å²) in [5.41, 5.74) is 3.52. The Kier molecular flexibility index (Phi) is 4.87. The van der Waals surface area contributed by atoms with Crippen LogP contribution in [-0.4, -0.2) is 21.0 Å². The van der Waals surface area contributed by atoms with Crippen molar-refractivity contribution in [3.63, 3.8) is 0 Å². The van der Waals surface area contributed by atoms with Crippen LogP contribution in [0.1, 0.15) is 43.4 Å². The summed E-state index contributed by atoms with van der Waals surface area (Å²) < 4.78 is 14.2. The van der Waals surface area contributed by atoms with Crippen molar-refractivity contribution >= 4 is 0 Å². The van der Waals surface area contributed by atoms with Crippen molar-refractivity contribution in [3.05, 3.63) is 71.7 Å². The molecule has 4 nitrogen and oxygen atoms in total. The minimum Gasteiger partial charge on any atom is -0.308 e. The summed E-state index contributed by atoms with van der Waals surface area (Å²) in [5, 5.41) is 13.5. The molecule has 0 atom stereocenters. The lowest BCUT2D eigenvalue weighted by Crippen LogP contribution is -2.54. The van der Waals surface area contributed by atoms with Crippen molar-refractivity contribution in [2.75, 3.05) is 0 Å². The lowest BCUT2D eigenvalue weighted by molar-refractivity contribution is -0.0143. The highest BCUT2D eigenvalue weighted by atomic mass is 19.1. The summed E-state index contributed by atoms with van der Waals surface area (Å²) in [4.78, 5) is 1.65. The van der Waals surface area contributed by atoms with Crippen LogP contribution >= 0.6 is 0 Å². The third-order valence-corrected chi connectivity index (χ3v) is 7.77. The average molecular weight is 417 g/mol. The van der Waals surface area contributed by atoms with Gasteiger partial charge in [-0.1, -0.05) is 48.5 Å². The van der Waals surface area contributed by atoms with Gasteiger partial charge in [0.05, 0.1) is 6.54 Å². The summed E-state index contributed by atoms with van der Waals surface area (Å²) in [6.45, 7) is 1.05. The quantitative estimate of drug-likeness (QED) is 0.612. The van der Waals surface area contributed by atoms with Crippen LogP contribution in [0.15, 0.2) is 54.6 Å². The number of hydrogen-bond donors (Lipinski definition) is 1. The molecule has 0 aliphatic heterocycles. The highest BCUT2D eigenvalue weighted by molar-refractivity contribution is 5.60. The molecule has 4 bridgehead atoms. The minimum absolute atomic E-state index is 0.214. The van der Waals surface area contributed by atoms with Crippen LogP contribution in [0.4, 0.5) is 4.39 Å². The Bertz CT molecular complexity index is 1030. The second kappa shape index (κ2) is 7.86. The number of hydrogen-bond acceptors (Lipinski definition) is 3. The predicted octanol–water partition coefficient (Wildman–Crippen LogP) is 5.05. The standard InChI is InChI=1S/C26H29FN4/c27-23-9-5-4-8-20(23)16-31-29-24(26(30-31)19-6-2-1-3-7-19)15-28-25-21-11-17-10-18(13-21)14-22(25)12-17/h1-9,17-18,21-22,25,28H,10-16H2. The van der Waals surface area contributed by atoms with Crippen LogP contribution in [0.5, 0.6) is 0 Å². The molecule has 5 heteroatoms. The van der Waals surface area contributed by atoms with E-state index in [0.29, 0.717) is 24.7 Å². The van der Waals surface area contributed by atoms with Gasteiger partial charge in [-0.2, -0.15) is 15.0 Å². The SMILES string of the molecule is Fc1ccccc1Cn1nc(CNC2C3CC4CC(C3)CC2C4)c(-c2ccccc2)n1. The minimum atomic E-state index is -0.214. The molecule has 31 heavy (non-hydrogen) atoms. The Hall–Kier alpha value is -2.53. The fourth-order valence-electron chi connectivity index (χ4n) is 6.64. The van der Waals surface area contributed by atoms with Crippen molar-refractivity contribution in [1.29, 1.82) is 0 Å². The Labute approximate surface area is 182 Å². The number of aromatic nitrogens is 3. The fourth-order valence-corrected chi connectivity index (χ4v) is 6.64. The number of nitrogens with one attached hydrogen (secondary N) is 1. The molecule has 0 amide bonds. The largest absolute Gasteiger partial charge is 0.308 e. The molecule has 4 aliphatic carbocycles. The molecule has 0 spiro atoms. The summed E-state index contributed by atoms with van der Waals surface area (Å²) in [5.74, 6) is 3.38. The predicted molar refractivity (Wildman–Crippen MR) is 119 cm³/mol. The molecule has 1 aromatic heterocycles. The summed E-state index contributed by atoms with van der Waals surface area (Å²) in [6.07, 6.45) is 7.07. The van der Waals surface area contributed by atoms with Gasteiger partial charge in [0, 0.05) is 23.7 Å². The van der Waals surface area contributed by atoms with Crippen LogP contribution in [0, 0.1) is 29.5 Å². The Morgan fingerprint density at radius 2 is 1.52 bits per heavy atom. The molecule has 0 unspecified atom stereocenters. The molecule has 4 saturated carbocycles. The first-order valence-electron chi connectivity index (χ1n) is 11.7. The van der Waals surface area contributed by atoms with Crippen LogP contribution in [-0.2, 0) is 13.1 Å². The van der Waals surface area contributed by atoms with E-state index >= 15 is 0 Å². The Morgan fingerprint density at radius 3 is 2.23 bits per heavy atom. The van der Waals surface area contributed by atoms with E-state index in [1.54, 1.807) is 16.9 Å². The molecule has 0 saturated heterocycles. The number of halogens is 1. The Morgan fingerprint density at radius 1 is 0.839 bits per heavy atom. The van der Waals surface area contributed by atoms with Crippen molar-refractivity contribution in [2.24, 2.45) is 23.7 Å². The normalized spacial score (nSPS) is 28.9. The summed E-state index contributed by atoms with van der Waals surface area (Å²) in [7, 11) is 0. The van der Waals surface area contributed by atoms with E-state index < -0.39 is 0 Å². The molecular formula is C26H29FN4. The van der Waals surface area contributed by atoms with Crippen molar-refractivity contribution in [2.45, 2.75) is 51.2 Å². The molecule has 3 aromatic rings. The monoisotopic (exact) mass is 416 g/mol. The van der Waals surface area contributed by atoms with E-state index in [1.807, 2.05) is 24.3 Å². The molecule has 1 heterocycles. The van der Waals surface area contributed by atoms with Gasteiger partial charge >= 0.3 is 0 Å². The van der Waals surface area contributed by atoms with Gasteiger partial charge in [0.25, 0.3) is 0 Å². The van der Waals surface area contributed by atoms with Crippen LogP contribution in [0.3, 0.4) is 0 Å². The van der Waals surface area contributed by atoms with Gasteiger partial charge in [-0.3, -0.25) is 0 Å². The lowest BCUT2D eigenvalue weighted by Gasteiger charge is -2.54. The molecular weight excluding hydrogens is 387 g/mol. The van der Waals surface area contributed by atoms with E-state index in [0.717, 1.165) is 40.6 Å². The molecule has 2 aromatic carbocycles. The van der Waals surface area contributed by atoms with Crippen molar-refractivity contribution < 1.29 is 4.39 Å². The van der Waals surface area contributed by atoms with Crippen LogP contribution in [0.2, 0.25) is 0 Å². The van der Waals surface area contributed by atoms with E-state index in [4.69, 9.17) is 10.2 Å². The summed E-state index contributed by atoms with van der Waals surface area (Å²) in [6, 6.07) is 17.7. The molecule has 7 rings (SSSR count). The van der Waals surface area contributed by atoms with Gasteiger partial charge < -0.3 is 5.32 Å². The number of rotatable bonds is 6. The van der Waals surface area contributed by atoms with Gasteiger partial charge in [-0.15, -0.1) is 0 Å². The molecule has 4 fully saturated rings. The first-order chi connectivity index (χ1) is 15.2. The Balaban J connectivity index is 1.25. The maximum Gasteiger partial charge on any atom is 0.128 e. The van der Waals surface area contributed by atoms with Crippen LogP contribution in [0.25, 0.3) is 11.3 Å². The van der Waals surface area contributed by atoms with Crippen molar-refractivity contribution in [3.8, 4) is 11.3 Å². The maximum atomic E-state index is 14.2. The maximum absolute atomic E-state index is 14.2. The van der Waals surface area contributed by atoms with Gasteiger partial charge in [-0.25, -0.2) is 4.39 Å². The smallest absolute Gasteiger partial charge is 0.128 e. The third kappa shape index (κ3) is 3.69. The van der Waals surface area contributed by atoms with E-state index in [1.165, 1.54) is 38.2 Å². The summed E-state index contributed by atoms with van der Waals surface area (Å²) >= 11 is 0. The number of nitrogens with zero attached hydrogens (tertiary/aromatic N) is 3. The van der Waals surface area contributed by atoms with Crippen molar-refractivity contribution in [1.82, 2.24) is 20.3 Å². The zero-order chi connectivity index (χ0) is 20.8. The first kappa shape index (κ1) is 19.2. The molecule has 0 radical (unpaired) electrons. The zero-order valence-corrected chi connectivity index (χ0v) is 17.8. The second-order valence-corrected chi connectivity index (χ2v) is 9.82. The highest BCUT2D eigenvalue weighted by Crippen LogP contribution is 2.53. The third-order valence-electron chi connectivity index (χ3n) is 7.77. The topological polar surface area (TPSA) is 42.7 Å². The van der Waals surface area contributed by atoms with Gasteiger partial charge in [0.1, 0.15) is 17.2 Å². The lowest BCUT2D eigenvalue weighted by atomic mass is 9.54. The molecule has 4 aliphatic rings. The van der Waals surface area contributed by atoms with Gasteiger partial charge in [-0.05, 0) is 61.8 Å². The fraction of sp³-hybridized carbons (Fsp3) is 0.462. The second-order valence-electron chi connectivity index (χ2n) is 9.82.